The number of fused-ring (bicyclic) bond motifs is 1. The second-order valence-electron chi connectivity index (χ2n) is 7.31. The van der Waals surface area contributed by atoms with Crippen LogP contribution in [-0.4, -0.2) is 29.2 Å². The molecule has 0 saturated carbocycles. The molecule has 2 atom stereocenters. The number of rotatable bonds is 5. The maximum atomic E-state index is 13.0. The van der Waals surface area contributed by atoms with Crippen molar-refractivity contribution in [3.05, 3.63) is 81.0 Å². The smallest absolute Gasteiger partial charge is 0.255 e. The van der Waals surface area contributed by atoms with Crippen LogP contribution in [-0.2, 0) is 6.42 Å². The molecule has 0 fully saturated rings. The van der Waals surface area contributed by atoms with Crippen LogP contribution in [0, 0.1) is 6.92 Å². The van der Waals surface area contributed by atoms with Crippen LogP contribution >= 0.6 is 23.1 Å². The second kappa shape index (κ2) is 8.53. The summed E-state index contributed by atoms with van der Waals surface area (Å²) in [5.41, 5.74) is 3.85. The molecule has 0 aliphatic heterocycles. The quantitative estimate of drug-likeness (QED) is 0.519. The van der Waals surface area contributed by atoms with Crippen molar-refractivity contribution < 1.29 is 14.7 Å². The highest BCUT2D eigenvalue weighted by Gasteiger charge is 2.35. The normalized spacial score (nSPS) is 17.4. The van der Waals surface area contributed by atoms with E-state index in [1.165, 1.54) is 29.2 Å². The van der Waals surface area contributed by atoms with E-state index in [1.54, 1.807) is 12.1 Å². The molecule has 2 aromatic carbocycles. The summed E-state index contributed by atoms with van der Waals surface area (Å²) in [5, 5.41) is 20.1. The Kier molecular flexibility index (Phi) is 5.83. The van der Waals surface area contributed by atoms with Crippen molar-refractivity contribution >= 4 is 34.9 Å². The summed E-state index contributed by atoms with van der Waals surface area (Å²) in [7, 11) is 0. The lowest BCUT2D eigenvalue weighted by molar-refractivity contribution is 0.0885. The fraction of sp³-hybridized carbons (Fsp3) is 0.217. The summed E-state index contributed by atoms with van der Waals surface area (Å²) < 4.78 is 0. The molecule has 0 saturated heterocycles. The van der Waals surface area contributed by atoms with Crippen molar-refractivity contribution in [2.45, 2.75) is 30.3 Å². The lowest BCUT2D eigenvalue weighted by Gasteiger charge is -2.23. The molecule has 4 rings (SSSR count). The van der Waals surface area contributed by atoms with Crippen molar-refractivity contribution in [3.8, 4) is 5.75 Å². The number of benzene rings is 2. The van der Waals surface area contributed by atoms with E-state index in [0.717, 1.165) is 21.6 Å². The molecule has 0 bridgehead atoms. The molecule has 5 nitrogen and oxygen atoms in total. The number of amides is 2. The van der Waals surface area contributed by atoms with Gasteiger partial charge in [-0.05, 0) is 42.9 Å². The molecule has 154 valence electrons. The topological polar surface area (TPSA) is 78.4 Å². The lowest BCUT2D eigenvalue weighted by Crippen LogP contribution is -2.44. The van der Waals surface area contributed by atoms with Crippen LogP contribution in [0.15, 0.2) is 58.1 Å². The minimum absolute atomic E-state index is 0.0622. The number of nitrogens with one attached hydrogen (secondary N) is 2. The Labute approximate surface area is 183 Å². The SMILES string of the molecule is CSc1cscc1C(=O)N[C@@H]1Cc2ccccc2[C@H]1NC(=O)c1cc(C)ccc1O. The Morgan fingerprint density at radius 2 is 1.83 bits per heavy atom. The van der Waals surface area contributed by atoms with Gasteiger partial charge in [-0.3, -0.25) is 9.59 Å². The molecule has 1 heterocycles. The van der Waals surface area contributed by atoms with E-state index in [0.29, 0.717) is 12.0 Å². The van der Waals surface area contributed by atoms with Gasteiger partial charge in [-0.2, -0.15) is 11.3 Å². The zero-order valence-corrected chi connectivity index (χ0v) is 18.3. The fourth-order valence-corrected chi connectivity index (χ4v) is 5.50. The lowest BCUT2D eigenvalue weighted by atomic mass is 10.0. The van der Waals surface area contributed by atoms with Crippen LogP contribution in [0.25, 0.3) is 0 Å². The Morgan fingerprint density at radius 3 is 2.63 bits per heavy atom. The summed E-state index contributed by atoms with van der Waals surface area (Å²) in [6, 6.07) is 12.2. The van der Waals surface area contributed by atoms with E-state index in [2.05, 4.69) is 10.6 Å². The molecule has 30 heavy (non-hydrogen) atoms. The molecule has 2 amide bonds. The summed E-state index contributed by atoms with van der Waals surface area (Å²) in [6.07, 6.45) is 2.58. The van der Waals surface area contributed by atoms with Gasteiger partial charge in [0.15, 0.2) is 0 Å². The van der Waals surface area contributed by atoms with E-state index in [4.69, 9.17) is 0 Å². The first-order valence-electron chi connectivity index (χ1n) is 9.57. The Bertz CT molecular complexity index is 1110. The highest BCUT2D eigenvalue weighted by Crippen LogP contribution is 2.33. The number of phenols is 1. The molecule has 0 radical (unpaired) electrons. The number of hydrogen-bond donors (Lipinski definition) is 3. The molecule has 1 aliphatic carbocycles. The molecule has 3 aromatic rings. The van der Waals surface area contributed by atoms with Gasteiger partial charge in [0.2, 0.25) is 0 Å². The van der Waals surface area contributed by atoms with Crippen molar-refractivity contribution in [1.29, 1.82) is 0 Å². The molecule has 3 N–H and O–H groups in total. The molecular formula is C23H22N2O3S2. The monoisotopic (exact) mass is 438 g/mol. The molecule has 7 heteroatoms. The highest BCUT2D eigenvalue weighted by molar-refractivity contribution is 7.98. The maximum absolute atomic E-state index is 13.0. The van der Waals surface area contributed by atoms with Gasteiger partial charge in [-0.1, -0.05) is 35.9 Å². The number of aryl methyl sites for hydroxylation is 1. The van der Waals surface area contributed by atoms with E-state index >= 15 is 0 Å². The summed E-state index contributed by atoms with van der Waals surface area (Å²) in [5.74, 6) is -0.568. The van der Waals surface area contributed by atoms with Gasteiger partial charge in [0.25, 0.3) is 11.8 Å². The first-order chi connectivity index (χ1) is 14.5. The van der Waals surface area contributed by atoms with Crippen LogP contribution in [0.3, 0.4) is 0 Å². The number of thioether (sulfide) groups is 1. The average Bonchev–Trinajstić information content (AvgIpc) is 3.35. The van der Waals surface area contributed by atoms with Crippen molar-refractivity contribution in [2.24, 2.45) is 0 Å². The van der Waals surface area contributed by atoms with Crippen LogP contribution < -0.4 is 10.6 Å². The van der Waals surface area contributed by atoms with Gasteiger partial charge in [0, 0.05) is 15.7 Å². The van der Waals surface area contributed by atoms with Gasteiger partial charge >= 0.3 is 0 Å². The Balaban J connectivity index is 1.60. The zero-order valence-electron chi connectivity index (χ0n) is 16.6. The fourth-order valence-electron chi connectivity index (χ4n) is 3.81. The minimum atomic E-state index is -0.381. The van der Waals surface area contributed by atoms with E-state index < -0.39 is 0 Å². The van der Waals surface area contributed by atoms with Crippen LogP contribution in [0.4, 0.5) is 0 Å². The first-order valence-corrected chi connectivity index (χ1v) is 11.7. The van der Waals surface area contributed by atoms with Gasteiger partial charge in [-0.25, -0.2) is 0 Å². The van der Waals surface area contributed by atoms with Crippen molar-refractivity contribution in [2.75, 3.05) is 6.26 Å². The summed E-state index contributed by atoms with van der Waals surface area (Å²) >= 11 is 3.04. The van der Waals surface area contributed by atoms with E-state index in [-0.39, 0.29) is 35.2 Å². The number of carbonyl (C=O) groups excluding carboxylic acids is 2. The van der Waals surface area contributed by atoms with Crippen molar-refractivity contribution in [3.63, 3.8) is 0 Å². The molecule has 0 spiro atoms. The van der Waals surface area contributed by atoms with E-state index in [1.807, 2.05) is 48.2 Å². The molecule has 0 unspecified atom stereocenters. The highest BCUT2D eigenvalue weighted by atomic mass is 32.2. The zero-order chi connectivity index (χ0) is 21.3. The number of phenolic OH excluding ortho intramolecular Hbond substituents is 1. The molecule has 1 aromatic heterocycles. The Hall–Kier alpha value is -2.77. The maximum Gasteiger partial charge on any atom is 0.255 e. The average molecular weight is 439 g/mol. The minimum Gasteiger partial charge on any atom is -0.507 e. The van der Waals surface area contributed by atoms with E-state index in [9.17, 15) is 14.7 Å². The third-order valence-corrected chi connectivity index (χ3v) is 6.99. The standard InChI is InChI=1S/C23H22N2O3S2/c1-13-7-8-19(26)16(9-13)22(27)25-21-15-6-4-3-5-14(15)10-18(21)24-23(28)17-11-30-12-20(17)29-2/h3-9,11-12,18,21,26H,10H2,1-2H3,(H,24,28)(H,25,27)/t18-,21-/m1/s1. The second-order valence-corrected chi connectivity index (χ2v) is 8.90. The number of thiophene rings is 1. The van der Waals surface area contributed by atoms with Gasteiger partial charge in [0.1, 0.15) is 5.75 Å². The Morgan fingerprint density at radius 1 is 1.07 bits per heavy atom. The number of hydrogen-bond acceptors (Lipinski definition) is 5. The third kappa shape index (κ3) is 3.95. The van der Waals surface area contributed by atoms with Crippen LogP contribution in [0.2, 0.25) is 0 Å². The van der Waals surface area contributed by atoms with Gasteiger partial charge in [-0.15, -0.1) is 11.8 Å². The van der Waals surface area contributed by atoms with Crippen molar-refractivity contribution in [1.82, 2.24) is 10.6 Å². The summed E-state index contributed by atoms with van der Waals surface area (Å²) in [6.45, 7) is 1.87. The number of carbonyl (C=O) groups is 2. The molecular weight excluding hydrogens is 416 g/mol. The van der Waals surface area contributed by atoms with Gasteiger partial charge < -0.3 is 15.7 Å². The van der Waals surface area contributed by atoms with Crippen LogP contribution in [0.1, 0.15) is 43.4 Å². The largest absolute Gasteiger partial charge is 0.507 e. The van der Waals surface area contributed by atoms with Crippen LogP contribution in [0.5, 0.6) is 5.75 Å². The van der Waals surface area contributed by atoms with Gasteiger partial charge in [0.05, 0.1) is 23.2 Å². The number of aromatic hydroxyl groups is 1. The predicted molar refractivity (Wildman–Crippen MR) is 121 cm³/mol. The predicted octanol–water partition coefficient (Wildman–Crippen LogP) is 4.31. The summed E-state index contributed by atoms with van der Waals surface area (Å²) in [4.78, 5) is 26.8. The molecule has 1 aliphatic rings. The first kappa shape index (κ1) is 20.5. The third-order valence-electron chi connectivity index (χ3n) is 5.32.